The Balaban J connectivity index is 2.12. The van der Waals surface area contributed by atoms with Gasteiger partial charge < -0.3 is 19.9 Å². The largest absolute Gasteiger partial charge is 0.490 e. The molecule has 0 saturated carbocycles. The van der Waals surface area contributed by atoms with Crippen LogP contribution >= 0.6 is 0 Å². The number of fused-ring (bicyclic) bond motifs is 1. The number of aromatic nitrogens is 1. The smallest absolute Gasteiger partial charge is 0.141 e. The molecule has 0 bridgehead atoms. The third-order valence-corrected chi connectivity index (χ3v) is 2.92. The van der Waals surface area contributed by atoms with Crippen LogP contribution in [-0.2, 0) is 9.47 Å². The maximum Gasteiger partial charge on any atom is 0.141 e. The van der Waals surface area contributed by atoms with Gasteiger partial charge in [-0.1, -0.05) is 12.1 Å². The van der Waals surface area contributed by atoms with Gasteiger partial charge in [0.2, 0.25) is 0 Å². The fourth-order valence-corrected chi connectivity index (χ4v) is 1.91. The average molecular weight is 289 g/mol. The summed E-state index contributed by atoms with van der Waals surface area (Å²) in [5, 5.41) is 8.47. The Labute approximate surface area is 123 Å². The van der Waals surface area contributed by atoms with Crippen LogP contribution in [0.25, 0.3) is 10.9 Å². The molecule has 6 nitrogen and oxygen atoms in total. The summed E-state index contributed by atoms with van der Waals surface area (Å²) in [7, 11) is 1.63. The van der Waals surface area contributed by atoms with Gasteiger partial charge in [-0.15, -0.1) is 0 Å². The number of hydrogen-bond donors (Lipinski definition) is 2. The van der Waals surface area contributed by atoms with E-state index in [1.807, 2.05) is 24.3 Å². The van der Waals surface area contributed by atoms with Crippen LogP contribution in [0.2, 0.25) is 0 Å². The Morgan fingerprint density at radius 2 is 1.95 bits per heavy atom. The first-order valence-electron chi connectivity index (χ1n) is 6.65. The number of nitrogens with one attached hydrogen (secondary N) is 1. The van der Waals surface area contributed by atoms with E-state index in [9.17, 15) is 0 Å². The van der Waals surface area contributed by atoms with E-state index in [0.717, 1.165) is 10.9 Å². The Morgan fingerprint density at radius 1 is 1.19 bits per heavy atom. The van der Waals surface area contributed by atoms with Crippen LogP contribution in [0, 0.1) is 5.41 Å². The predicted octanol–water partition coefficient (Wildman–Crippen LogP) is 1.56. The van der Waals surface area contributed by atoms with E-state index >= 15 is 0 Å². The molecular formula is C15H19N3O3. The van der Waals surface area contributed by atoms with Crippen LogP contribution in [-0.4, -0.2) is 44.4 Å². The summed E-state index contributed by atoms with van der Waals surface area (Å²) < 4.78 is 16.0. The van der Waals surface area contributed by atoms with Crippen LogP contribution in [0.4, 0.5) is 0 Å². The molecule has 21 heavy (non-hydrogen) atoms. The van der Waals surface area contributed by atoms with Crippen LogP contribution < -0.4 is 10.5 Å². The summed E-state index contributed by atoms with van der Waals surface area (Å²) in [6, 6.07) is 7.59. The van der Waals surface area contributed by atoms with Crippen LogP contribution in [0.3, 0.4) is 0 Å². The minimum atomic E-state index is -0.0662. The van der Waals surface area contributed by atoms with E-state index in [2.05, 4.69) is 4.98 Å². The van der Waals surface area contributed by atoms with Crippen molar-refractivity contribution in [3.63, 3.8) is 0 Å². The highest BCUT2D eigenvalue weighted by Crippen LogP contribution is 2.27. The third kappa shape index (κ3) is 3.90. The van der Waals surface area contributed by atoms with Gasteiger partial charge in [-0.05, 0) is 12.1 Å². The number of pyridine rings is 1. The standard InChI is InChI=1S/C15H19N3O3/c1-19-6-7-20-8-9-21-14-11-4-2-3-5-13(11)18-10-12(14)15(16)17/h2-5,10H,6-9H2,1H3,(H3,16,17). The monoisotopic (exact) mass is 289 g/mol. The number of hydrogen-bond acceptors (Lipinski definition) is 5. The van der Waals surface area contributed by atoms with E-state index in [1.165, 1.54) is 0 Å². The van der Waals surface area contributed by atoms with E-state index < -0.39 is 0 Å². The highest BCUT2D eigenvalue weighted by molar-refractivity contribution is 6.02. The number of nitrogen functional groups attached to an aromatic ring is 1. The van der Waals surface area contributed by atoms with Crippen molar-refractivity contribution in [2.45, 2.75) is 0 Å². The first kappa shape index (κ1) is 15.2. The molecule has 112 valence electrons. The molecule has 0 unspecified atom stereocenters. The summed E-state index contributed by atoms with van der Waals surface area (Å²) >= 11 is 0. The molecule has 0 amide bonds. The number of nitrogens with zero attached hydrogens (tertiary/aromatic N) is 1. The molecule has 0 aliphatic carbocycles. The summed E-state index contributed by atoms with van der Waals surface area (Å²) in [6.07, 6.45) is 1.56. The van der Waals surface area contributed by atoms with Crippen LogP contribution in [0.5, 0.6) is 5.75 Å². The summed E-state index contributed by atoms with van der Waals surface area (Å²) in [5.41, 5.74) is 6.89. The average Bonchev–Trinajstić information content (AvgIpc) is 2.50. The van der Waals surface area contributed by atoms with Gasteiger partial charge in [0, 0.05) is 18.7 Å². The normalized spacial score (nSPS) is 10.7. The number of ether oxygens (including phenoxy) is 3. The zero-order valence-electron chi connectivity index (χ0n) is 12.0. The van der Waals surface area contributed by atoms with E-state index in [0.29, 0.717) is 37.7 Å². The van der Waals surface area contributed by atoms with E-state index in [-0.39, 0.29) is 5.84 Å². The van der Waals surface area contributed by atoms with Crippen LogP contribution in [0.1, 0.15) is 5.56 Å². The number of nitrogens with two attached hydrogens (primary N) is 1. The molecular weight excluding hydrogens is 270 g/mol. The van der Waals surface area contributed by atoms with Gasteiger partial charge in [-0.25, -0.2) is 0 Å². The first-order valence-corrected chi connectivity index (χ1v) is 6.65. The lowest BCUT2D eigenvalue weighted by atomic mass is 10.1. The Morgan fingerprint density at radius 3 is 2.71 bits per heavy atom. The fraction of sp³-hybridized carbons (Fsp3) is 0.333. The van der Waals surface area contributed by atoms with E-state index in [4.69, 9.17) is 25.4 Å². The van der Waals surface area contributed by atoms with Gasteiger partial charge >= 0.3 is 0 Å². The maximum atomic E-state index is 7.63. The molecule has 2 aromatic rings. The molecule has 1 aromatic carbocycles. The van der Waals surface area contributed by atoms with Crippen molar-refractivity contribution in [3.05, 3.63) is 36.0 Å². The van der Waals surface area contributed by atoms with Crippen molar-refractivity contribution in [3.8, 4) is 5.75 Å². The molecule has 1 aromatic heterocycles. The number of methoxy groups -OCH3 is 1. The molecule has 0 fully saturated rings. The molecule has 3 N–H and O–H groups in total. The molecule has 0 saturated heterocycles. The quantitative estimate of drug-likeness (QED) is 0.437. The number of benzene rings is 1. The second kappa shape index (κ2) is 7.56. The molecule has 0 aliphatic rings. The van der Waals surface area contributed by atoms with Gasteiger partial charge in [0.05, 0.1) is 30.9 Å². The SMILES string of the molecule is COCCOCCOc1c(C(=N)N)cnc2ccccc12. The lowest BCUT2D eigenvalue weighted by molar-refractivity contribution is 0.0546. The van der Waals surface area contributed by atoms with Crippen molar-refractivity contribution in [2.24, 2.45) is 5.73 Å². The first-order chi connectivity index (χ1) is 10.2. The topological polar surface area (TPSA) is 90.5 Å². The van der Waals surface area contributed by atoms with Crippen molar-refractivity contribution in [1.29, 1.82) is 5.41 Å². The second-order valence-corrected chi connectivity index (χ2v) is 4.39. The van der Waals surface area contributed by atoms with Gasteiger partial charge in [-0.2, -0.15) is 0 Å². The van der Waals surface area contributed by atoms with Crippen molar-refractivity contribution >= 4 is 16.7 Å². The highest BCUT2D eigenvalue weighted by atomic mass is 16.5. The molecule has 6 heteroatoms. The van der Waals surface area contributed by atoms with Crippen molar-refractivity contribution < 1.29 is 14.2 Å². The maximum absolute atomic E-state index is 7.63. The second-order valence-electron chi connectivity index (χ2n) is 4.39. The van der Waals surface area contributed by atoms with Crippen molar-refractivity contribution in [1.82, 2.24) is 4.98 Å². The molecule has 1 heterocycles. The summed E-state index contributed by atoms with van der Waals surface area (Å²) in [6.45, 7) is 1.89. The zero-order valence-corrected chi connectivity index (χ0v) is 12.0. The van der Waals surface area contributed by atoms with E-state index in [1.54, 1.807) is 13.3 Å². The summed E-state index contributed by atoms with van der Waals surface area (Å²) in [5.74, 6) is 0.506. The summed E-state index contributed by atoms with van der Waals surface area (Å²) in [4.78, 5) is 4.28. The number of rotatable bonds is 8. The molecule has 0 radical (unpaired) electrons. The lowest BCUT2D eigenvalue weighted by Crippen LogP contribution is -2.16. The van der Waals surface area contributed by atoms with Crippen molar-refractivity contribution in [2.75, 3.05) is 33.5 Å². The number of amidine groups is 1. The predicted molar refractivity (Wildman–Crippen MR) is 80.9 cm³/mol. The van der Waals surface area contributed by atoms with Gasteiger partial charge in [0.15, 0.2) is 0 Å². The Hall–Kier alpha value is -2.18. The molecule has 0 aliphatic heterocycles. The van der Waals surface area contributed by atoms with Crippen LogP contribution in [0.15, 0.2) is 30.5 Å². The molecule has 0 atom stereocenters. The molecule has 2 rings (SSSR count). The Bertz CT molecular complexity index is 616. The van der Waals surface area contributed by atoms with Gasteiger partial charge in [0.1, 0.15) is 18.2 Å². The minimum Gasteiger partial charge on any atom is -0.490 e. The molecule has 0 spiro atoms. The highest BCUT2D eigenvalue weighted by Gasteiger charge is 2.12. The minimum absolute atomic E-state index is 0.0662. The lowest BCUT2D eigenvalue weighted by Gasteiger charge is -2.13. The van der Waals surface area contributed by atoms with Gasteiger partial charge in [0.25, 0.3) is 0 Å². The fourth-order valence-electron chi connectivity index (χ4n) is 1.91. The Kier molecular flexibility index (Phi) is 5.48. The number of para-hydroxylation sites is 1. The zero-order chi connectivity index (χ0) is 15.1. The van der Waals surface area contributed by atoms with Gasteiger partial charge in [-0.3, -0.25) is 10.4 Å². The third-order valence-electron chi connectivity index (χ3n) is 2.92.